The third-order valence-electron chi connectivity index (χ3n) is 4.28. The summed E-state index contributed by atoms with van der Waals surface area (Å²) in [6.45, 7) is -0.403. The lowest BCUT2D eigenvalue weighted by atomic mass is 10.2. The van der Waals surface area contributed by atoms with Crippen LogP contribution in [0.15, 0.2) is 88.7 Å². The second-order valence-corrected chi connectivity index (χ2v) is 7.35. The number of esters is 1. The van der Waals surface area contributed by atoms with E-state index in [-0.39, 0.29) is 5.91 Å². The molecule has 0 aromatic heterocycles. The Kier molecular flexibility index (Phi) is 5.44. The fraction of sp³-hybridized carbons (Fsp3) is 0.0435. The molecule has 0 saturated carbocycles. The molecule has 144 valence electrons. The third-order valence-corrected chi connectivity index (χ3v) is 5.41. The summed E-state index contributed by atoms with van der Waals surface area (Å²) in [6, 6.07) is 21.0. The van der Waals surface area contributed by atoms with Gasteiger partial charge in [-0.3, -0.25) is 9.69 Å². The predicted octanol–water partition coefficient (Wildman–Crippen LogP) is 5.21. The highest BCUT2D eigenvalue weighted by Crippen LogP contribution is 2.47. The molecule has 1 aliphatic heterocycles. The summed E-state index contributed by atoms with van der Waals surface area (Å²) in [4.78, 5) is 28.4. The summed E-state index contributed by atoms with van der Waals surface area (Å²) >= 11 is 1.59. The zero-order valence-corrected chi connectivity index (χ0v) is 16.1. The number of carbonyl (C=O) groups is 2. The van der Waals surface area contributed by atoms with Gasteiger partial charge in [-0.15, -0.1) is 0 Å². The number of amides is 1. The van der Waals surface area contributed by atoms with Gasteiger partial charge in [0.25, 0.3) is 5.91 Å². The van der Waals surface area contributed by atoms with Crippen molar-refractivity contribution in [3.05, 3.63) is 90.3 Å². The van der Waals surface area contributed by atoms with Crippen molar-refractivity contribution < 1.29 is 18.7 Å². The number of halogens is 1. The van der Waals surface area contributed by atoms with Crippen LogP contribution in [0.1, 0.15) is 5.56 Å². The van der Waals surface area contributed by atoms with E-state index in [9.17, 15) is 14.0 Å². The summed E-state index contributed by atoms with van der Waals surface area (Å²) in [6.07, 6.45) is 2.62. The number of benzene rings is 3. The van der Waals surface area contributed by atoms with Gasteiger partial charge < -0.3 is 4.74 Å². The zero-order valence-electron chi connectivity index (χ0n) is 15.2. The Morgan fingerprint density at radius 2 is 1.59 bits per heavy atom. The van der Waals surface area contributed by atoms with E-state index in [4.69, 9.17) is 4.74 Å². The van der Waals surface area contributed by atoms with Crippen LogP contribution < -0.4 is 4.90 Å². The molecule has 1 heterocycles. The fourth-order valence-corrected chi connectivity index (χ4v) is 4.05. The normalized spacial score (nSPS) is 12.4. The first kappa shape index (κ1) is 19.0. The molecule has 0 unspecified atom stereocenters. The van der Waals surface area contributed by atoms with Crippen LogP contribution in [-0.2, 0) is 14.3 Å². The summed E-state index contributed by atoms with van der Waals surface area (Å²) < 4.78 is 18.3. The van der Waals surface area contributed by atoms with Crippen molar-refractivity contribution >= 4 is 41.1 Å². The number of hydrogen-bond donors (Lipinski definition) is 0. The molecule has 4 nitrogen and oxygen atoms in total. The Morgan fingerprint density at radius 1 is 0.931 bits per heavy atom. The number of hydrogen-bond acceptors (Lipinski definition) is 4. The minimum Gasteiger partial charge on any atom is -0.452 e. The van der Waals surface area contributed by atoms with Crippen molar-refractivity contribution in [1.82, 2.24) is 0 Å². The number of rotatable bonds is 4. The lowest BCUT2D eigenvalue weighted by Gasteiger charge is -2.30. The van der Waals surface area contributed by atoms with E-state index in [1.165, 1.54) is 24.3 Å². The number of carbonyl (C=O) groups excluding carboxylic acids is 2. The summed E-state index contributed by atoms with van der Waals surface area (Å²) in [7, 11) is 0. The highest BCUT2D eigenvalue weighted by molar-refractivity contribution is 7.99. The molecular weight excluding hydrogens is 389 g/mol. The number of ether oxygens (including phenoxy) is 1. The van der Waals surface area contributed by atoms with Crippen molar-refractivity contribution in [3.63, 3.8) is 0 Å². The van der Waals surface area contributed by atoms with Crippen molar-refractivity contribution in [2.45, 2.75) is 9.79 Å². The standard InChI is InChI=1S/C23H16FNO3S/c24-17-7-5-6-16(14-17)12-13-23(27)28-15-22(26)25-18-8-1-3-10-20(18)29-21-11-4-2-9-19(21)25/h1-14H,15H2. The highest BCUT2D eigenvalue weighted by Gasteiger charge is 2.28. The Labute approximate surface area is 171 Å². The number of anilines is 2. The van der Waals surface area contributed by atoms with Gasteiger partial charge in [0.1, 0.15) is 5.82 Å². The maximum absolute atomic E-state index is 13.2. The molecular formula is C23H16FNO3S. The average molecular weight is 405 g/mol. The van der Waals surface area contributed by atoms with Crippen LogP contribution in [0.4, 0.5) is 15.8 Å². The number of fused-ring (bicyclic) bond motifs is 2. The molecule has 4 rings (SSSR count). The molecule has 1 amide bonds. The molecule has 3 aromatic rings. The first-order chi connectivity index (χ1) is 14.1. The van der Waals surface area contributed by atoms with Gasteiger partial charge in [0.2, 0.25) is 0 Å². The lowest BCUT2D eigenvalue weighted by Crippen LogP contribution is -2.32. The second kappa shape index (κ2) is 8.32. The van der Waals surface area contributed by atoms with Crippen LogP contribution in [0.25, 0.3) is 6.08 Å². The van der Waals surface area contributed by atoms with Crippen LogP contribution in [-0.4, -0.2) is 18.5 Å². The third kappa shape index (κ3) is 4.22. The lowest BCUT2D eigenvalue weighted by molar-refractivity contribution is -0.142. The van der Waals surface area contributed by atoms with Gasteiger partial charge in [-0.1, -0.05) is 48.2 Å². The van der Waals surface area contributed by atoms with Gasteiger partial charge in [-0.2, -0.15) is 0 Å². The minimum atomic E-state index is -0.671. The van der Waals surface area contributed by atoms with Crippen LogP contribution in [0.5, 0.6) is 0 Å². The fourth-order valence-electron chi connectivity index (χ4n) is 2.99. The number of para-hydroxylation sites is 2. The molecule has 0 bridgehead atoms. The SMILES string of the molecule is O=C(C=Cc1cccc(F)c1)OCC(=O)N1c2ccccc2Sc2ccccc21. The molecule has 6 heteroatoms. The van der Waals surface area contributed by atoms with Gasteiger partial charge in [0.15, 0.2) is 6.61 Å². The van der Waals surface area contributed by atoms with Gasteiger partial charge in [-0.05, 0) is 48.0 Å². The van der Waals surface area contributed by atoms with Gasteiger partial charge >= 0.3 is 5.97 Å². The quantitative estimate of drug-likeness (QED) is 0.442. The molecule has 0 fully saturated rings. The summed E-state index contributed by atoms with van der Waals surface area (Å²) in [5, 5.41) is 0. The maximum atomic E-state index is 13.2. The first-order valence-electron chi connectivity index (χ1n) is 8.91. The number of nitrogens with zero attached hydrogens (tertiary/aromatic N) is 1. The van der Waals surface area contributed by atoms with E-state index in [2.05, 4.69) is 0 Å². The van der Waals surface area contributed by atoms with E-state index in [1.54, 1.807) is 28.8 Å². The van der Waals surface area contributed by atoms with Crippen molar-refractivity contribution in [2.75, 3.05) is 11.5 Å². The van der Waals surface area contributed by atoms with Crippen molar-refractivity contribution in [2.24, 2.45) is 0 Å². The average Bonchev–Trinajstić information content (AvgIpc) is 2.74. The summed E-state index contributed by atoms with van der Waals surface area (Å²) in [5.41, 5.74) is 2.05. The molecule has 29 heavy (non-hydrogen) atoms. The molecule has 0 aliphatic carbocycles. The first-order valence-corrected chi connectivity index (χ1v) is 9.73. The van der Waals surface area contributed by atoms with Crippen molar-refractivity contribution in [3.8, 4) is 0 Å². The minimum absolute atomic E-state index is 0.349. The molecule has 0 N–H and O–H groups in total. The smallest absolute Gasteiger partial charge is 0.331 e. The highest BCUT2D eigenvalue weighted by atomic mass is 32.2. The monoisotopic (exact) mass is 405 g/mol. The largest absolute Gasteiger partial charge is 0.452 e. The van der Waals surface area contributed by atoms with Crippen LogP contribution in [0, 0.1) is 5.82 Å². The predicted molar refractivity (Wildman–Crippen MR) is 111 cm³/mol. The Bertz CT molecular complexity index is 1070. The molecule has 0 saturated heterocycles. The van der Waals surface area contributed by atoms with E-state index in [0.717, 1.165) is 21.2 Å². The van der Waals surface area contributed by atoms with E-state index < -0.39 is 18.4 Å². The molecule has 0 radical (unpaired) electrons. The Morgan fingerprint density at radius 3 is 2.24 bits per heavy atom. The molecule has 0 atom stereocenters. The summed E-state index contributed by atoms with van der Waals surface area (Å²) in [5.74, 6) is -1.41. The van der Waals surface area contributed by atoms with Gasteiger partial charge in [0, 0.05) is 15.9 Å². The van der Waals surface area contributed by atoms with E-state index >= 15 is 0 Å². The van der Waals surface area contributed by atoms with Gasteiger partial charge in [0.05, 0.1) is 11.4 Å². The van der Waals surface area contributed by atoms with Crippen LogP contribution in [0.2, 0.25) is 0 Å². The van der Waals surface area contributed by atoms with Crippen LogP contribution >= 0.6 is 11.8 Å². The van der Waals surface area contributed by atoms with Gasteiger partial charge in [-0.25, -0.2) is 9.18 Å². The zero-order chi connectivity index (χ0) is 20.2. The van der Waals surface area contributed by atoms with E-state index in [1.807, 2.05) is 48.5 Å². The Hall–Kier alpha value is -3.38. The topological polar surface area (TPSA) is 46.6 Å². The maximum Gasteiger partial charge on any atom is 0.331 e. The van der Waals surface area contributed by atoms with Crippen molar-refractivity contribution in [1.29, 1.82) is 0 Å². The Balaban J connectivity index is 1.48. The van der Waals surface area contributed by atoms with Crippen LogP contribution in [0.3, 0.4) is 0 Å². The molecule has 3 aromatic carbocycles. The molecule has 1 aliphatic rings. The van der Waals surface area contributed by atoms with E-state index in [0.29, 0.717) is 5.56 Å². The second-order valence-electron chi connectivity index (χ2n) is 6.26. The molecule has 0 spiro atoms.